The zero-order chi connectivity index (χ0) is 26.4. The van der Waals surface area contributed by atoms with Gasteiger partial charge < -0.3 is 24.1 Å². The van der Waals surface area contributed by atoms with Gasteiger partial charge in [-0.15, -0.1) is 0 Å². The van der Waals surface area contributed by atoms with Gasteiger partial charge in [-0.2, -0.15) is 0 Å². The Kier molecular flexibility index (Phi) is 11.6. The number of hydrogen-bond acceptors (Lipinski definition) is 5. The quantitative estimate of drug-likeness (QED) is 0.203. The van der Waals surface area contributed by atoms with Crippen LogP contribution in [0, 0.1) is 0 Å². The van der Waals surface area contributed by atoms with Gasteiger partial charge in [0.15, 0.2) is 0 Å². The number of aliphatic hydroxyl groups excluding tert-OH is 1. The number of ether oxygens (including phenoxy) is 4. The molecule has 0 amide bonds. The van der Waals surface area contributed by atoms with Crippen molar-refractivity contribution in [1.29, 1.82) is 0 Å². The van der Waals surface area contributed by atoms with Crippen molar-refractivity contribution in [1.82, 2.24) is 0 Å². The Labute approximate surface area is 227 Å². The highest BCUT2D eigenvalue weighted by Crippen LogP contribution is 2.29. The van der Waals surface area contributed by atoms with E-state index in [1.54, 1.807) is 0 Å². The van der Waals surface area contributed by atoms with Gasteiger partial charge in [-0.25, -0.2) is 0 Å². The molecule has 1 fully saturated rings. The van der Waals surface area contributed by atoms with E-state index in [2.05, 4.69) is 13.0 Å². The molecule has 0 saturated carbocycles. The largest absolute Gasteiger partial charge is 0.387 e. The predicted molar refractivity (Wildman–Crippen MR) is 149 cm³/mol. The van der Waals surface area contributed by atoms with Gasteiger partial charge in [0, 0.05) is 0 Å². The fraction of sp³-hybridized carbons (Fsp3) is 0.394. The molecular formula is C33H40O5. The molecule has 3 aromatic carbocycles. The van der Waals surface area contributed by atoms with Gasteiger partial charge in [-0.05, 0) is 23.1 Å². The Balaban J connectivity index is 1.52. The molecule has 0 spiro atoms. The monoisotopic (exact) mass is 516 g/mol. The number of allylic oxidation sites excluding steroid dienone is 1. The molecule has 0 radical (unpaired) electrons. The first kappa shape index (κ1) is 28.2. The van der Waals surface area contributed by atoms with E-state index in [9.17, 15) is 5.11 Å². The van der Waals surface area contributed by atoms with Crippen molar-refractivity contribution in [3.05, 3.63) is 120 Å². The van der Waals surface area contributed by atoms with Crippen LogP contribution >= 0.6 is 0 Å². The van der Waals surface area contributed by atoms with Crippen LogP contribution in [0.5, 0.6) is 0 Å². The van der Waals surface area contributed by atoms with Crippen molar-refractivity contribution in [2.75, 3.05) is 6.61 Å². The van der Waals surface area contributed by atoms with Crippen molar-refractivity contribution in [2.45, 2.75) is 76.5 Å². The Morgan fingerprint density at radius 1 is 0.737 bits per heavy atom. The van der Waals surface area contributed by atoms with Gasteiger partial charge in [-0.3, -0.25) is 0 Å². The third-order valence-corrected chi connectivity index (χ3v) is 6.71. The van der Waals surface area contributed by atoms with Crippen LogP contribution in [0.3, 0.4) is 0 Å². The minimum Gasteiger partial charge on any atom is -0.387 e. The van der Waals surface area contributed by atoms with Crippen LogP contribution < -0.4 is 0 Å². The maximum atomic E-state index is 11.4. The highest BCUT2D eigenvalue weighted by Gasteiger charge is 2.46. The Bertz CT molecular complexity index is 1060. The van der Waals surface area contributed by atoms with Gasteiger partial charge in [0.25, 0.3) is 0 Å². The first-order valence-electron chi connectivity index (χ1n) is 13.7. The summed E-state index contributed by atoms with van der Waals surface area (Å²) < 4.78 is 25.4. The molecular weight excluding hydrogens is 476 g/mol. The summed E-state index contributed by atoms with van der Waals surface area (Å²) >= 11 is 0. The molecule has 3 aromatic rings. The second-order valence-electron chi connectivity index (χ2n) is 9.72. The van der Waals surface area contributed by atoms with E-state index in [0.717, 1.165) is 36.0 Å². The fourth-order valence-electron chi connectivity index (χ4n) is 4.59. The van der Waals surface area contributed by atoms with Crippen LogP contribution in [0.15, 0.2) is 103 Å². The van der Waals surface area contributed by atoms with E-state index in [0.29, 0.717) is 26.4 Å². The molecule has 1 aliphatic rings. The van der Waals surface area contributed by atoms with E-state index in [-0.39, 0.29) is 0 Å². The molecule has 0 bridgehead atoms. The maximum Gasteiger partial charge on any atom is 0.115 e. The Morgan fingerprint density at radius 3 is 1.82 bits per heavy atom. The molecule has 5 heteroatoms. The van der Waals surface area contributed by atoms with Crippen molar-refractivity contribution >= 4 is 0 Å². The molecule has 0 aliphatic carbocycles. The summed E-state index contributed by atoms with van der Waals surface area (Å²) in [7, 11) is 0. The molecule has 0 aromatic heterocycles. The topological polar surface area (TPSA) is 57.2 Å². The number of rotatable bonds is 14. The van der Waals surface area contributed by atoms with Gasteiger partial charge >= 0.3 is 0 Å². The van der Waals surface area contributed by atoms with Crippen molar-refractivity contribution in [3.8, 4) is 0 Å². The summed E-state index contributed by atoms with van der Waals surface area (Å²) in [5, 5.41) is 11.4. The van der Waals surface area contributed by atoms with Crippen LogP contribution in [-0.4, -0.2) is 42.2 Å². The van der Waals surface area contributed by atoms with Crippen LogP contribution in [0.1, 0.15) is 42.9 Å². The highest BCUT2D eigenvalue weighted by molar-refractivity contribution is 5.16. The van der Waals surface area contributed by atoms with Crippen molar-refractivity contribution < 1.29 is 24.1 Å². The minimum absolute atomic E-state index is 0.325. The van der Waals surface area contributed by atoms with E-state index < -0.39 is 30.5 Å². The molecule has 202 valence electrons. The summed E-state index contributed by atoms with van der Waals surface area (Å²) in [6.07, 6.45) is 4.34. The van der Waals surface area contributed by atoms with Crippen molar-refractivity contribution in [3.63, 3.8) is 0 Å². The third kappa shape index (κ3) is 8.62. The lowest BCUT2D eigenvalue weighted by Gasteiger charge is -2.44. The minimum atomic E-state index is -0.872. The molecule has 1 saturated heterocycles. The zero-order valence-electron chi connectivity index (χ0n) is 22.2. The molecule has 38 heavy (non-hydrogen) atoms. The molecule has 5 atom stereocenters. The van der Waals surface area contributed by atoms with E-state index in [4.69, 9.17) is 18.9 Å². The number of hydrogen-bond donors (Lipinski definition) is 1. The first-order valence-corrected chi connectivity index (χ1v) is 13.7. The molecule has 4 rings (SSSR count). The standard InChI is InChI=1S/C33H40O5/c1-2-3-4-14-21-29-31(34)33(37-24-28-19-12-7-13-20-28)32(36-23-27-17-10-6-11-18-27)30(38-29)25-35-22-26-15-8-5-9-16-26/h5-21,29-34H,2-4,22-25H2,1H3/b21-14-/t29-,30-,31+,32-,33-/m1/s1. The van der Waals surface area contributed by atoms with Gasteiger partial charge in [-0.1, -0.05) is 123 Å². The second kappa shape index (κ2) is 15.6. The van der Waals surface area contributed by atoms with Gasteiger partial charge in [0.05, 0.1) is 26.4 Å². The fourth-order valence-corrected chi connectivity index (χ4v) is 4.59. The van der Waals surface area contributed by atoms with Crippen LogP contribution in [-0.2, 0) is 38.8 Å². The summed E-state index contributed by atoms with van der Waals surface area (Å²) in [6.45, 7) is 3.73. The second-order valence-corrected chi connectivity index (χ2v) is 9.72. The highest BCUT2D eigenvalue weighted by atomic mass is 16.6. The molecule has 1 aliphatic heterocycles. The normalized spacial score (nSPS) is 23.6. The summed E-state index contributed by atoms with van der Waals surface area (Å²) in [5.74, 6) is 0. The van der Waals surface area contributed by atoms with Crippen LogP contribution in [0.2, 0.25) is 0 Å². The SMILES string of the molecule is CCCC/C=C\[C@H]1O[C@H](COCc2ccccc2)[C@@H](OCc2ccccc2)[C@H](OCc2ccccc2)[C@H]1O. The van der Waals surface area contributed by atoms with E-state index in [1.807, 2.05) is 97.1 Å². The first-order chi connectivity index (χ1) is 18.7. The lowest BCUT2D eigenvalue weighted by Crippen LogP contribution is -2.60. The molecule has 1 N–H and O–H groups in total. The van der Waals surface area contributed by atoms with Gasteiger partial charge in [0.1, 0.15) is 30.5 Å². The molecule has 0 unspecified atom stereocenters. The van der Waals surface area contributed by atoms with E-state index >= 15 is 0 Å². The Hall–Kier alpha value is -2.80. The number of aliphatic hydroxyl groups is 1. The smallest absolute Gasteiger partial charge is 0.115 e. The van der Waals surface area contributed by atoms with Gasteiger partial charge in [0.2, 0.25) is 0 Å². The Morgan fingerprint density at radius 2 is 1.26 bits per heavy atom. The maximum absolute atomic E-state index is 11.4. The van der Waals surface area contributed by atoms with Crippen molar-refractivity contribution in [2.24, 2.45) is 0 Å². The number of benzene rings is 3. The average molecular weight is 517 g/mol. The average Bonchev–Trinajstić information content (AvgIpc) is 2.96. The van der Waals surface area contributed by atoms with Crippen LogP contribution in [0.25, 0.3) is 0 Å². The summed E-state index contributed by atoms with van der Waals surface area (Å²) in [6, 6.07) is 30.1. The molecule has 5 nitrogen and oxygen atoms in total. The third-order valence-electron chi connectivity index (χ3n) is 6.71. The zero-order valence-corrected chi connectivity index (χ0v) is 22.2. The van der Waals surface area contributed by atoms with E-state index in [1.165, 1.54) is 0 Å². The van der Waals surface area contributed by atoms with Crippen LogP contribution in [0.4, 0.5) is 0 Å². The number of unbranched alkanes of at least 4 members (excludes halogenated alkanes) is 2. The molecule has 1 heterocycles. The summed E-state index contributed by atoms with van der Waals surface area (Å²) in [4.78, 5) is 0. The lowest BCUT2D eigenvalue weighted by molar-refractivity contribution is -0.251. The lowest BCUT2D eigenvalue weighted by atomic mass is 9.94. The summed E-state index contributed by atoms with van der Waals surface area (Å²) in [5.41, 5.74) is 3.19. The predicted octanol–water partition coefficient (Wildman–Crippen LogP) is 6.25.